The number of ketones is 1. The lowest BCUT2D eigenvalue weighted by atomic mass is 9.81. The predicted molar refractivity (Wildman–Crippen MR) is 72.5 cm³/mol. The maximum Gasteiger partial charge on any atom is 0.141 e. The molecule has 1 aromatic rings. The minimum atomic E-state index is -0.240. The lowest BCUT2D eigenvalue weighted by Crippen LogP contribution is -2.27. The first-order valence-corrected chi connectivity index (χ1v) is 6.77. The van der Waals surface area contributed by atoms with E-state index in [1.807, 2.05) is 19.9 Å². The Morgan fingerprint density at radius 1 is 1.39 bits per heavy atom. The molecule has 0 saturated carbocycles. The van der Waals surface area contributed by atoms with Crippen molar-refractivity contribution in [1.29, 1.82) is 0 Å². The molecule has 0 fully saturated rings. The molecule has 18 heavy (non-hydrogen) atoms. The summed E-state index contributed by atoms with van der Waals surface area (Å²) in [4.78, 5) is 12.3. The van der Waals surface area contributed by atoms with E-state index in [4.69, 9.17) is 4.74 Å². The average Bonchev–Trinajstić information content (AvgIpc) is 2.39. The van der Waals surface area contributed by atoms with Crippen LogP contribution in [0, 0.1) is 5.41 Å². The number of carbonyl (C=O) groups is 1. The van der Waals surface area contributed by atoms with E-state index < -0.39 is 0 Å². The molecule has 2 heteroatoms. The number of benzene rings is 1. The SMILES string of the molecule is CCC(C)(C)C(=O)CC1OCCc2ccccc21. The molecule has 0 radical (unpaired) electrons. The fourth-order valence-corrected chi connectivity index (χ4v) is 2.29. The molecule has 0 spiro atoms. The molecule has 0 amide bonds. The summed E-state index contributed by atoms with van der Waals surface area (Å²) in [6, 6.07) is 8.31. The van der Waals surface area contributed by atoms with Gasteiger partial charge in [-0.1, -0.05) is 45.0 Å². The zero-order valence-electron chi connectivity index (χ0n) is 11.5. The van der Waals surface area contributed by atoms with E-state index in [1.165, 1.54) is 11.1 Å². The van der Waals surface area contributed by atoms with Crippen LogP contribution in [0.25, 0.3) is 0 Å². The first kappa shape index (κ1) is 13.3. The van der Waals surface area contributed by atoms with Crippen LogP contribution in [0.15, 0.2) is 24.3 Å². The normalized spacial score (nSPS) is 19.4. The molecular weight excluding hydrogens is 224 g/mol. The van der Waals surface area contributed by atoms with Crippen LogP contribution in [0.2, 0.25) is 0 Å². The second-order valence-corrected chi connectivity index (χ2v) is 5.67. The van der Waals surface area contributed by atoms with Gasteiger partial charge in [0.15, 0.2) is 0 Å². The van der Waals surface area contributed by atoms with Crippen LogP contribution in [0.1, 0.15) is 50.8 Å². The van der Waals surface area contributed by atoms with Crippen LogP contribution < -0.4 is 0 Å². The Morgan fingerprint density at radius 2 is 2.11 bits per heavy atom. The van der Waals surface area contributed by atoms with Crippen molar-refractivity contribution in [1.82, 2.24) is 0 Å². The Kier molecular flexibility index (Phi) is 3.86. The largest absolute Gasteiger partial charge is 0.373 e. The Labute approximate surface area is 109 Å². The first-order valence-electron chi connectivity index (χ1n) is 6.77. The molecule has 1 heterocycles. The van der Waals surface area contributed by atoms with Gasteiger partial charge < -0.3 is 4.74 Å². The van der Waals surface area contributed by atoms with E-state index in [0.29, 0.717) is 12.2 Å². The van der Waals surface area contributed by atoms with Crippen molar-refractivity contribution in [2.75, 3.05) is 6.61 Å². The van der Waals surface area contributed by atoms with Gasteiger partial charge in [0.1, 0.15) is 5.78 Å². The highest BCUT2D eigenvalue weighted by molar-refractivity contribution is 5.84. The average molecular weight is 246 g/mol. The van der Waals surface area contributed by atoms with E-state index >= 15 is 0 Å². The number of Topliss-reactive ketones (excluding diaryl/α,β-unsaturated/α-hetero) is 1. The van der Waals surface area contributed by atoms with Crippen molar-refractivity contribution in [2.24, 2.45) is 5.41 Å². The second kappa shape index (κ2) is 5.23. The summed E-state index contributed by atoms with van der Waals surface area (Å²) in [5, 5.41) is 0. The Bertz CT molecular complexity index is 434. The number of hydrogen-bond donors (Lipinski definition) is 0. The molecule has 0 N–H and O–H groups in total. The summed E-state index contributed by atoms with van der Waals surface area (Å²) in [7, 11) is 0. The molecule has 0 saturated heterocycles. The molecule has 0 aromatic heterocycles. The predicted octanol–water partition coefficient (Wildman–Crippen LogP) is 3.70. The second-order valence-electron chi connectivity index (χ2n) is 5.67. The number of carbonyl (C=O) groups excluding carboxylic acids is 1. The maximum absolute atomic E-state index is 12.3. The quantitative estimate of drug-likeness (QED) is 0.809. The van der Waals surface area contributed by atoms with Gasteiger partial charge >= 0.3 is 0 Å². The smallest absolute Gasteiger partial charge is 0.141 e. The highest BCUT2D eigenvalue weighted by Gasteiger charge is 2.30. The highest BCUT2D eigenvalue weighted by atomic mass is 16.5. The van der Waals surface area contributed by atoms with Gasteiger partial charge in [0.2, 0.25) is 0 Å². The molecule has 1 atom stereocenters. The van der Waals surface area contributed by atoms with Gasteiger partial charge in [-0.2, -0.15) is 0 Å². The van der Waals surface area contributed by atoms with Crippen LogP contribution >= 0.6 is 0 Å². The summed E-state index contributed by atoms with van der Waals surface area (Å²) < 4.78 is 5.79. The van der Waals surface area contributed by atoms with E-state index in [2.05, 4.69) is 25.1 Å². The van der Waals surface area contributed by atoms with Gasteiger partial charge in [0.25, 0.3) is 0 Å². The number of rotatable bonds is 4. The minimum absolute atomic E-state index is 0.0479. The monoisotopic (exact) mass is 246 g/mol. The number of ether oxygens (including phenoxy) is 1. The van der Waals surface area contributed by atoms with Crippen molar-refractivity contribution in [3.63, 3.8) is 0 Å². The van der Waals surface area contributed by atoms with E-state index in [-0.39, 0.29) is 11.5 Å². The van der Waals surface area contributed by atoms with Gasteiger partial charge in [-0.05, 0) is 24.0 Å². The zero-order valence-corrected chi connectivity index (χ0v) is 11.5. The van der Waals surface area contributed by atoms with Crippen LogP contribution in [0.5, 0.6) is 0 Å². The van der Waals surface area contributed by atoms with E-state index in [9.17, 15) is 4.79 Å². The van der Waals surface area contributed by atoms with Crippen molar-refractivity contribution in [3.05, 3.63) is 35.4 Å². The first-order chi connectivity index (χ1) is 8.54. The third kappa shape index (κ3) is 2.64. The molecule has 0 bridgehead atoms. The fourth-order valence-electron chi connectivity index (χ4n) is 2.29. The summed E-state index contributed by atoms with van der Waals surface area (Å²) in [6.07, 6.45) is 2.28. The summed E-state index contributed by atoms with van der Waals surface area (Å²) in [5.74, 6) is 0.298. The van der Waals surface area contributed by atoms with Gasteiger partial charge in [0, 0.05) is 11.8 Å². The van der Waals surface area contributed by atoms with Crippen molar-refractivity contribution < 1.29 is 9.53 Å². The van der Waals surface area contributed by atoms with Crippen LogP contribution in [0.4, 0.5) is 0 Å². The van der Waals surface area contributed by atoms with Crippen molar-refractivity contribution in [3.8, 4) is 0 Å². The molecule has 98 valence electrons. The third-order valence-corrected chi connectivity index (χ3v) is 4.10. The Hall–Kier alpha value is -1.15. The van der Waals surface area contributed by atoms with Gasteiger partial charge in [-0.3, -0.25) is 4.79 Å². The zero-order chi connectivity index (χ0) is 13.2. The molecular formula is C16H22O2. The Morgan fingerprint density at radius 3 is 2.83 bits per heavy atom. The highest BCUT2D eigenvalue weighted by Crippen LogP contribution is 2.33. The lowest BCUT2D eigenvalue weighted by molar-refractivity contribution is -0.130. The summed E-state index contributed by atoms with van der Waals surface area (Å²) >= 11 is 0. The number of hydrogen-bond acceptors (Lipinski definition) is 2. The lowest BCUT2D eigenvalue weighted by Gasteiger charge is -2.29. The number of fused-ring (bicyclic) bond motifs is 1. The van der Waals surface area contributed by atoms with E-state index in [1.54, 1.807) is 0 Å². The Balaban J connectivity index is 2.15. The van der Waals surface area contributed by atoms with Gasteiger partial charge in [-0.15, -0.1) is 0 Å². The third-order valence-electron chi connectivity index (χ3n) is 4.10. The molecule has 0 aliphatic carbocycles. The van der Waals surface area contributed by atoms with Crippen LogP contribution in [0.3, 0.4) is 0 Å². The minimum Gasteiger partial charge on any atom is -0.373 e. The molecule has 2 rings (SSSR count). The van der Waals surface area contributed by atoms with Crippen LogP contribution in [-0.2, 0) is 16.0 Å². The fraction of sp³-hybridized carbons (Fsp3) is 0.562. The molecule has 1 aliphatic heterocycles. The van der Waals surface area contributed by atoms with E-state index in [0.717, 1.165) is 19.4 Å². The maximum atomic E-state index is 12.3. The van der Waals surface area contributed by atoms with Gasteiger partial charge in [-0.25, -0.2) is 0 Å². The standard InChI is InChI=1S/C16H22O2/c1-4-16(2,3)15(17)11-14-13-8-6-5-7-12(13)9-10-18-14/h5-8,14H,4,9-11H2,1-3H3. The van der Waals surface area contributed by atoms with Crippen molar-refractivity contribution in [2.45, 2.75) is 46.1 Å². The molecule has 1 aromatic carbocycles. The molecule has 1 aliphatic rings. The molecule has 1 unspecified atom stereocenters. The summed E-state index contributed by atoms with van der Waals surface area (Å²) in [5.41, 5.74) is 2.29. The summed E-state index contributed by atoms with van der Waals surface area (Å²) in [6.45, 7) is 6.82. The van der Waals surface area contributed by atoms with Crippen LogP contribution in [-0.4, -0.2) is 12.4 Å². The topological polar surface area (TPSA) is 26.3 Å². The van der Waals surface area contributed by atoms with Crippen molar-refractivity contribution >= 4 is 5.78 Å². The molecule has 2 nitrogen and oxygen atoms in total. The van der Waals surface area contributed by atoms with Gasteiger partial charge in [0.05, 0.1) is 12.7 Å².